The van der Waals surface area contributed by atoms with Crippen LogP contribution in [-0.4, -0.2) is 36.2 Å². The molecule has 3 aromatic carbocycles. The fraction of sp³-hybridized carbons (Fsp3) is 0.387. The Morgan fingerprint density at radius 2 is 1.76 bits per heavy atom. The lowest BCUT2D eigenvalue weighted by atomic mass is 9.90. The molecule has 5 nitrogen and oxygen atoms in total. The molecule has 1 saturated carbocycles. The summed E-state index contributed by atoms with van der Waals surface area (Å²) in [5, 5.41) is 0. The van der Waals surface area contributed by atoms with Crippen LogP contribution < -0.4 is 9.47 Å². The maximum absolute atomic E-state index is 13.6. The predicted molar refractivity (Wildman–Crippen MR) is 142 cm³/mol. The molecule has 1 aromatic heterocycles. The van der Waals surface area contributed by atoms with Crippen LogP contribution in [0.4, 0.5) is 8.78 Å². The van der Waals surface area contributed by atoms with E-state index in [1.807, 2.05) is 6.92 Å². The Labute approximate surface area is 221 Å². The van der Waals surface area contributed by atoms with Crippen molar-refractivity contribution in [2.45, 2.75) is 45.2 Å². The van der Waals surface area contributed by atoms with Crippen molar-refractivity contribution in [1.82, 2.24) is 9.88 Å². The van der Waals surface area contributed by atoms with Crippen molar-refractivity contribution in [2.24, 2.45) is 11.8 Å². The lowest BCUT2D eigenvalue weighted by molar-refractivity contribution is 0.225. The molecular formula is C31H32F2N2O3. The second kappa shape index (κ2) is 10.4. The molecule has 1 unspecified atom stereocenters. The summed E-state index contributed by atoms with van der Waals surface area (Å²) in [7, 11) is 1.66. The third-order valence-electron chi connectivity index (χ3n) is 8.15. The van der Waals surface area contributed by atoms with Crippen LogP contribution in [0.1, 0.15) is 37.6 Å². The highest BCUT2D eigenvalue weighted by atomic mass is 19.1. The van der Waals surface area contributed by atoms with Gasteiger partial charge in [-0.3, -0.25) is 4.90 Å². The van der Waals surface area contributed by atoms with Gasteiger partial charge in [-0.2, -0.15) is 0 Å². The van der Waals surface area contributed by atoms with Gasteiger partial charge in [0.1, 0.15) is 28.7 Å². The Balaban J connectivity index is 1.19. The zero-order chi connectivity index (χ0) is 26.2. The van der Waals surface area contributed by atoms with E-state index < -0.39 is 0 Å². The summed E-state index contributed by atoms with van der Waals surface area (Å²) < 4.78 is 44.8. The molecule has 0 N–H and O–H groups in total. The second-order valence-corrected chi connectivity index (χ2v) is 10.4. The molecule has 1 aliphatic heterocycles. The number of oxazole rings is 1. The van der Waals surface area contributed by atoms with Gasteiger partial charge in [0.2, 0.25) is 0 Å². The normalized spacial score (nSPS) is 21.2. The molecule has 1 aliphatic carbocycles. The monoisotopic (exact) mass is 518 g/mol. The number of fused-ring (bicyclic) bond motifs is 2. The van der Waals surface area contributed by atoms with Crippen molar-refractivity contribution in [3.63, 3.8) is 0 Å². The van der Waals surface area contributed by atoms with Crippen LogP contribution in [0.3, 0.4) is 0 Å². The van der Waals surface area contributed by atoms with E-state index in [2.05, 4.69) is 22.0 Å². The number of aromatic nitrogens is 1. The quantitative estimate of drug-likeness (QED) is 0.251. The number of benzene rings is 3. The molecule has 0 spiro atoms. The Morgan fingerprint density at radius 3 is 2.55 bits per heavy atom. The van der Waals surface area contributed by atoms with Crippen LogP contribution in [-0.2, 0) is 13.0 Å². The van der Waals surface area contributed by atoms with Gasteiger partial charge in [0, 0.05) is 25.1 Å². The lowest BCUT2D eigenvalue weighted by Crippen LogP contribution is -2.30. The van der Waals surface area contributed by atoms with Gasteiger partial charge in [-0.25, -0.2) is 13.8 Å². The van der Waals surface area contributed by atoms with E-state index in [0.29, 0.717) is 41.5 Å². The Morgan fingerprint density at radius 1 is 0.974 bits per heavy atom. The summed E-state index contributed by atoms with van der Waals surface area (Å²) in [6.45, 7) is 4.34. The standard InChI is InChI=1S/C31H32F2N2O3/c1-3-37-29-15-19(14-28(36-2)31(29)20-4-7-22(32)8-5-20)18-35-13-12-24-21(6-11-26(24)35)16-30-34-25-10-9-23(33)17-27(25)38-30/h4-5,7-10,14-15,17,21,24,26H,3,6,11-13,16,18H2,1-2H3/t21?,24-,26+/m0/s1. The molecule has 0 radical (unpaired) electrons. The number of nitrogens with zero attached hydrogens (tertiary/aromatic N) is 2. The molecule has 2 fully saturated rings. The minimum absolute atomic E-state index is 0.272. The molecule has 38 heavy (non-hydrogen) atoms. The molecule has 0 bridgehead atoms. The summed E-state index contributed by atoms with van der Waals surface area (Å²) in [5.41, 5.74) is 4.08. The van der Waals surface area contributed by atoms with Gasteiger partial charge in [0.05, 0.1) is 19.3 Å². The minimum atomic E-state index is -0.303. The zero-order valence-electron chi connectivity index (χ0n) is 21.8. The van der Waals surface area contributed by atoms with Crippen LogP contribution >= 0.6 is 0 Å². The number of likely N-dealkylation sites (tertiary alicyclic amines) is 1. The van der Waals surface area contributed by atoms with E-state index >= 15 is 0 Å². The maximum Gasteiger partial charge on any atom is 0.195 e. The summed E-state index contributed by atoms with van der Waals surface area (Å²) in [4.78, 5) is 7.18. The fourth-order valence-corrected chi connectivity index (χ4v) is 6.50. The molecule has 3 atom stereocenters. The number of halogens is 2. The first-order valence-corrected chi connectivity index (χ1v) is 13.4. The summed E-state index contributed by atoms with van der Waals surface area (Å²) in [6.07, 6.45) is 4.22. The van der Waals surface area contributed by atoms with E-state index in [1.165, 1.54) is 24.3 Å². The highest BCUT2D eigenvalue weighted by molar-refractivity contribution is 5.77. The van der Waals surface area contributed by atoms with E-state index in [0.717, 1.165) is 67.0 Å². The molecule has 2 heterocycles. The van der Waals surface area contributed by atoms with Crippen molar-refractivity contribution < 1.29 is 22.7 Å². The highest BCUT2D eigenvalue weighted by Crippen LogP contribution is 2.45. The largest absolute Gasteiger partial charge is 0.496 e. The SMILES string of the molecule is CCOc1cc(CN2CC[C@H]3C(Cc4nc5ccc(F)cc5o4)CC[C@H]32)cc(OC)c1-c1ccc(F)cc1. The third kappa shape index (κ3) is 4.75. The molecule has 0 amide bonds. The first kappa shape index (κ1) is 24.9. The molecular weight excluding hydrogens is 486 g/mol. The van der Waals surface area contributed by atoms with Crippen LogP contribution in [0.15, 0.2) is 59.0 Å². The van der Waals surface area contributed by atoms with Gasteiger partial charge in [-0.15, -0.1) is 0 Å². The van der Waals surface area contributed by atoms with E-state index in [4.69, 9.17) is 13.9 Å². The summed E-state index contributed by atoms with van der Waals surface area (Å²) in [5.74, 6) is 2.71. The van der Waals surface area contributed by atoms with Crippen molar-refractivity contribution in [3.8, 4) is 22.6 Å². The van der Waals surface area contributed by atoms with Gasteiger partial charge < -0.3 is 13.9 Å². The molecule has 4 aromatic rings. The van der Waals surface area contributed by atoms with Crippen molar-refractivity contribution in [2.75, 3.05) is 20.3 Å². The van der Waals surface area contributed by atoms with Crippen LogP contribution in [0.25, 0.3) is 22.2 Å². The van der Waals surface area contributed by atoms with Crippen LogP contribution in [0.5, 0.6) is 11.5 Å². The van der Waals surface area contributed by atoms with Crippen molar-refractivity contribution in [3.05, 3.63) is 77.7 Å². The molecule has 6 rings (SSSR count). The number of hydrogen-bond donors (Lipinski definition) is 0. The van der Waals surface area contributed by atoms with Crippen molar-refractivity contribution in [1.29, 1.82) is 0 Å². The Hall–Kier alpha value is -3.45. The van der Waals surface area contributed by atoms with Gasteiger partial charge in [-0.05, 0) is 92.1 Å². The topological polar surface area (TPSA) is 47.7 Å². The fourth-order valence-electron chi connectivity index (χ4n) is 6.50. The molecule has 1 saturated heterocycles. The zero-order valence-corrected chi connectivity index (χ0v) is 21.8. The summed E-state index contributed by atoms with van der Waals surface area (Å²) >= 11 is 0. The average Bonchev–Trinajstić information content (AvgIpc) is 3.61. The lowest BCUT2D eigenvalue weighted by Gasteiger charge is -2.25. The first-order valence-electron chi connectivity index (χ1n) is 13.4. The smallest absolute Gasteiger partial charge is 0.195 e. The molecule has 2 aliphatic rings. The van der Waals surface area contributed by atoms with Gasteiger partial charge in [-0.1, -0.05) is 12.1 Å². The van der Waals surface area contributed by atoms with Crippen LogP contribution in [0.2, 0.25) is 0 Å². The van der Waals surface area contributed by atoms with Crippen LogP contribution in [0, 0.1) is 23.5 Å². The second-order valence-electron chi connectivity index (χ2n) is 10.4. The Bertz CT molecular complexity index is 1440. The van der Waals surface area contributed by atoms with Gasteiger partial charge in [0.15, 0.2) is 11.5 Å². The van der Waals surface area contributed by atoms with Crippen molar-refractivity contribution >= 4 is 11.1 Å². The number of methoxy groups -OCH3 is 1. The van der Waals surface area contributed by atoms with E-state index in [9.17, 15) is 8.78 Å². The van der Waals surface area contributed by atoms with E-state index in [1.54, 1.807) is 25.3 Å². The number of hydrogen-bond acceptors (Lipinski definition) is 5. The summed E-state index contributed by atoms with van der Waals surface area (Å²) in [6, 6.07) is 15.6. The third-order valence-corrected chi connectivity index (χ3v) is 8.15. The van der Waals surface area contributed by atoms with Gasteiger partial charge >= 0.3 is 0 Å². The highest BCUT2D eigenvalue weighted by Gasteiger charge is 2.43. The Kier molecular flexibility index (Phi) is 6.78. The minimum Gasteiger partial charge on any atom is -0.496 e. The average molecular weight is 519 g/mol. The molecule has 198 valence electrons. The first-order chi connectivity index (χ1) is 18.5. The van der Waals surface area contributed by atoms with Gasteiger partial charge in [0.25, 0.3) is 0 Å². The number of ether oxygens (including phenoxy) is 2. The number of rotatable bonds is 8. The predicted octanol–water partition coefficient (Wildman–Crippen LogP) is 7.02. The molecule has 7 heteroatoms. The maximum atomic E-state index is 13.6. The van der Waals surface area contributed by atoms with E-state index in [-0.39, 0.29) is 11.6 Å².